The van der Waals surface area contributed by atoms with E-state index in [0.717, 1.165) is 9.87 Å². The first-order valence-electron chi connectivity index (χ1n) is 11.1. The number of anilines is 2. The number of nitrogens with one attached hydrogen (secondary N) is 1. The van der Waals surface area contributed by atoms with Gasteiger partial charge in [0.25, 0.3) is 10.0 Å². The molecule has 1 atom stereocenters. The van der Waals surface area contributed by atoms with Crippen molar-refractivity contribution < 1.29 is 18.0 Å². The standard InChI is InChI=1S/C26H26ClN3O4S/c1-17-14-24(18(2)13-20(17)27)35(33,34)30-22-12-8-7-11-21(22)28-26(32)23(30)15-25(31)29(3)16-19-9-5-4-6-10-19/h4-14,23H,15-16H2,1-3H3,(H,28,32)/t23-/m1/s1. The van der Waals surface area contributed by atoms with Gasteiger partial charge in [-0.05, 0) is 54.8 Å². The smallest absolute Gasteiger partial charge is 0.265 e. The molecule has 0 fully saturated rings. The summed E-state index contributed by atoms with van der Waals surface area (Å²) in [6.45, 7) is 3.71. The molecule has 0 radical (unpaired) electrons. The van der Waals surface area contributed by atoms with Gasteiger partial charge < -0.3 is 10.2 Å². The molecular formula is C26H26ClN3O4S. The lowest BCUT2D eigenvalue weighted by Crippen LogP contribution is -2.52. The van der Waals surface area contributed by atoms with E-state index in [0.29, 0.717) is 34.1 Å². The molecule has 0 saturated heterocycles. The third kappa shape index (κ3) is 4.90. The molecule has 4 rings (SSSR count). The highest BCUT2D eigenvalue weighted by molar-refractivity contribution is 7.93. The Morgan fingerprint density at radius 1 is 1.03 bits per heavy atom. The summed E-state index contributed by atoms with van der Waals surface area (Å²) in [7, 11) is -2.58. The lowest BCUT2D eigenvalue weighted by Gasteiger charge is -2.37. The van der Waals surface area contributed by atoms with Crippen LogP contribution in [0.15, 0.2) is 71.6 Å². The predicted octanol–water partition coefficient (Wildman–Crippen LogP) is 4.52. The monoisotopic (exact) mass is 511 g/mol. The molecule has 3 aromatic carbocycles. The number of rotatable bonds is 6. The maximum absolute atomic E-state index is 14.0. The number of para-hydroxylation sites is 2. The van der Waals surface area contributed by atoms with Crippen molar-refractivity contribution in [2.75, 3.05) is 16.7 Å². The first-order chi connectivity index (χ1) is 16.6. The van der Waals surface area contributed by atoms with Crippen molar-refractivity contribution in [3.63, 3.8) is 0 Å². The zero-order chi connectivity index (χ0) is 25.3. The van der Waals surface area contributed by atoms with E-state index in [1.54, 1.807) is 51.2 Å². The highest BCUT2D eigenvalue weighted by atomic mass is 35.5. The van der Waals surface area contributed by atoms with Crippen LogP contribution in [0.4, 0.5) is 11.4 Å². The molecule has 0 unspecified atom stereocenters. The van der Waals surface area contributed by atoms with E-state index in [-0.39, 0.29) is 17.2 Å². The van der Waals surface area contributed by atoms with Crippen molar-refractivity contribution in [1.29, 1.82) is 0 Å². The fraction of sp³-hybridized carbons (Fsp3) is 0.231. The molecule has 9 heteroatoms. The molecule has 35 heavy (non-hydrogen) atoms. The summed E-state index contributed by atoms with van der Waals surface area (Å²) < 4.78 is 29.1. The Labute approximate surface area is 210 Å². The van der Waals surface area contributed by atoms with Crippen molar-refractivity contribution in [2.45, 2.75) is 37.8 Å². The quantitative estimate of drug-likeness (QED) is 0.527. The number of sulfonamides is 1. The number of hydrogen-bond donors (Lipinski definition) is 1. The lowest BCUT2D eigenvalue weighted by molar-refractivity contribution is -0.132. The molecule has 7 nitrogen and oxygen atoms in total. The first-order valence-corrected chi connectivity index (χ1v) is 12.9. The van der Waals surface area contributed by atoms with Crippen LogP contribution < -0.4 is 9.62 Å². The summed E-state index contributed by atoms with van der Waals surface area (Å²) in [5, 5.41) is 3.21. The van der Waals surface area contributed by atoms with Crippen molar-refractivity contribution in [1.82, 2.24) is 4.90 Å². The van der Waals surface area contributed by atoms with Crippen LogP contribution in [0.2, 0.25) is 5.02 Å². The number of amides is 2. The summed E-state index contributed by atoms with van der Waals surface area (Å²) in [6.07, 6.45) is -0.311. The van der Waals surface area contributed by atoms with Crippen molar-refractivity contribution in [3.8, 4) is 0 Å². The van der Waals surface area contributed by atoms with E-state index in [4.69, 9.17) is 11.6 Å². The molecule has 0 saturated carbocycles. The van der Waals surface area contributed by atoms with Gasteiger partial charge in [-0.25, -0.2) is 8.42 Å². The molecule has 1 N–H and O–H groups in total. The molecule has 2 amide bonds. The summed E-state index contributed by atoms with van der Waals surface area (Å²) in [5.74, 6) is -0.908. The molecule has 0 spiro atoms. The van der Waals surface area contributed by atoms with E-state index < -0.39 is 22.0 Å². The molecule has 3 aromatic rings. The van der Waals surface area contributed by atoms with Crippen LogP contribution in [0, 0.1) is 13.8 Å². The Bertz CT molecular complexity index is 1390. The largest absolute Gasteiger partial charge is 0.341 e. The van der Waals surface area contributed by atoms with Crippen LogP contribution in [-0.2, 0) is 26.2 Å². The highest BCUT2D eigenvalue weighted by Crippen LogP contribution is 2.38. The van der Waals surface area contributed by atoms with Crippen LogP contribution >= 0.6 is 11.6 Å². The summed E-state index contributed by atoms with van der Waals surface area (Å²) >= 11 is 6.20. The van der Waals surface area contributed by atoms with Crippen LogP contribution in [0.3, 0.4) is 0 Å². The second kappa shape index (κ2) is 9.71. The number of halogens is 1. The van der Waals surface area contributed by atoms with Crippen LogP contribution in [0.5, 0.6) is 0 Å². The summed E-state index contributed by atoms with van der Waals surface area (Å²) in [4.78, 5) is 27.8. The number of carbonyl (C=O) groups is 2. The second-order valence-electron chi connectivity index (χ2n) is 8.63. The zero-order valence-corrected chi connectivity index (χ0v) is 21.2. The molecular weight excluding hydrogens is 486 g/mol. The molecule has 0 aromatic heterocycles. The van der Waals surface area contributed by atoms with E-state index in [1.165, 1.54) is 11.0 Å². The van der Waals surface area contributed by atoms with Gasteiger partial charge in [-0.2, -0.15) is 0 Å². The number of carbonyl (C=O) groups excluding carboxylic acids is 2. The lowest BCUT2D eigenvalue weighted by atomic mass is 10.1. The Hall–Kier alpha value is -3.36. The topological polar surface area (TPSA) is 86.8 Å². The fourth-order valence-electron chi connectivity index (χ4n) is 4.14. The van der Waals surface area contributed by atoms with E-state index >= 15 is 0 Å². The third-order valence-electron chi connectivity index (χ3n) is 6.03. The Kier molecular flexibility index (Phi) is 6.87. The SMILES string of the molecule is Cc1cc(S(=O)(=O)N2c3ccccc3NC(=O)[C@H]2CC(=O)N(C)Cc2ccccc2)c(C)cc1Cl. The first kappa shape index (κ1) is 24.8. The molecule has 0 aliphatic carbocycles. The van der Waals surface area contributed by atoms with Gasteiger partial charge in [0.1, 0.15) is 6.04 Å². The average Bonchev–Trinajstić information content (AvgIpc) is 2.82. The normalized spacial score (nSPS) is 15.4. The van der Waals surface area contributed by atoms with Gasteiger partial charge in [-0.1, -0.05) is 54.1 Å². The van der Waals surface area contributed by atoms with E-state index in [2.05, 4.69) is 5.32 Å². The minimum Gasteiger partial charge on any atom is -0.341 e. The maximum Gasteiger partial charge on any atom is 0.265 e. The van der Waals surface area contributed by atoms with Gasteiger partial charge in [-0.15, -0.1) is 0 Å². The van der Waals surface area contributed by atoms with Gasteiger partial charge >= 0.3 is 0 Å². The number of fused-ring (bicyclic) bond motifs is 1. The van der Waals surface area contributed by atoms with Crippen molar-refractivity contribution >= 4 is 44.8 Å². The Balaban J connectivity index is 1.74. The molecule has 1 aliphatic rings. The van der Waals surface area contributed by atoms with Crippen LogP contribution in [0.1, 0.15) is 23.1 Å². The number of hydrogen-bond acceptors (Lipinski definition) is 4. The molecule has 0 bridgehead atoms. The predicted molar refractivity (Wildman–Crippen MR) is 137 cm³/mol. The van der Waals surface area contributed by atoms with Crippen molar-refractivity contribution in [2.24, 2.45) is 0 Å². The third-order valence-corrected chi connectivity index (χ3v) is 8.41. The number of benzene rings is 3. The zero-order valence-electron chi connectivity index (χ0n) is 19.7. The molecule has 1 aliphatic heterocycles. The fourth-order valence-corrected chi connectivity index (χ4v) is 6.28. The van der Waals surface area contributed by atoms with Gasteiger partial charge in [0.15, 0.2) is 0 Å². The number of aryl methyl sites for hydroxylation is 2. The molecule has 1 heterocycles. The Morgan fingerprint density at radius 3 is 2.40 bits per heavy atom. The number of nitrogens with zero attached hydrogens (tertiary/aromatic N) is 2. The minimum absolute atomic E-state index is 0.0407. The highest BCUT2D eigenvalue weighted by Gasteiger charge is 2.42. The van der Waals surface area contributed by atoms with Gasteiger partial charge in [0, 0.05) is 18.6 Å². The van der Waals surface area contributed by atoms with Crippen LogP contribution in [0.25, 0.3) is 0 Å². The van der Waals surface area contributed by atoms with Crippen molar-refractivity contribution in [3.05, 3.63) is 88.4 Å². The van der Waals surface area contributed by atoms with E-state index in [9.17, 15) is 18.0 Å². The van der Waals surface area contributed by atoms with Gasteiger partial charge in [0.2, 0.25) is 11.8 Å². The second-order valence-corrected chi connectivity index (χ2v) is 10.8. The van der Waals surface area contributed by atoms with Gasteiger partial charge in [-0.3, -0.25) is 13.9 Å². The summed E-state index contributed by atoms with van der Waals surface area (Å²) in [6, 6.07) is 17.9. The van der Waals surface area contributed by atoms with E-state index in [1.807, 2.05) is 30.3 Å². The van der Waals surface area contributed by atoms with Gasteiger partial charge in [0.05, 0.1) is 22.7 Å². The summed E-state index contributed by atoms with van der Waals surface area (Å²) in [5.41, 5.74) is 2.66. The molecule has 182 valence electrons. The van der Waals surface area contributed by atoms with Crippen LogP contribution in [-0.4, -0.2) is 38.2 Å². The maximum atomic E-state index is 14.0. The Morgan fingerprint density at radius 2 is 1.69 bits per heavy atom. The minimum atomic E-state index is -4.21. The average molecular weight is 512 g/mol.